The molecule has 0 saturated carbocycles. The van der Waals surface area contributed by atoms with Gasteiger partial charge >= 0.3 is 6.18 Å². The molecule has 0 aromatic heterocycles. The molecular weight excluding hydrogens is 529 g/mol. The van der Waals surface area contributed by atoms with E-state index in [-0.39, 0.29) is 56.7 Å². The Kier molecular flexibility index (Phi) is 7.76. The number of rotatable bonds is 6. The van der Waals surface area contributed by atoms with Gasteiger partial charge in [-0.15, -0.1) is 0 Å². The molecular formula is C25H24Cl3F4NO2. The number of amides is 1. The molecule has 2 aliphatic rings. The first kappa shape index (κ1) is 27.6. The molecule has 190 valence electrons. The van der Waals surface area contributed by atoms with Crippen molar-refractivity contribution in [3.8, 4) is 0 Å². The molecule has 1 fully saturated rings. The number of allylic oxidation sites excluding steroid dienone is 4. The largest absolute Gasteiger partial charge is 0.480 e. The summed E-state index contributed by atoms with van der Waals surface area (Å²) in [5.74, 6) is -0.394. The number of hydrogen-bond donors (Lipinski definition) is 0. The van der Waals surface area contributed by atoms with Crippen LogP contribution in [0.1, 0.15) is 32.8 Å². The van der Waals surface area contributed by atoms with Crippen LogP contribution in [-0.4, -0.2) is 35.7 Å². The van der Waals surface area contributed by atoms with Gasteiger partial charge < -0.3 is 9.64 Å². The number of carbonyl (C=O) groups excluding carboxylic acids is 1. The Morgan fingerprint density at radius 2 is 1.74 bits per heavy atom. The Bertz CT molecular complexity index is 1110. The Labute approximate surface area is 216 Å². The average Bonchev–Trinajstić information content (AvgIpc) is 3.21. The van der Waals surface area contributed by atoms with Gasteiger partial charge in [-0.05, 0) is 35.8 Å². The molecule has 10 heteroatoms. The maximum absolute atomic E-state index is 15.1. The van der Waals surface area contributed by atoms with Crippen molar-refractivity contribution in [3.63, 3.8) is 0 Å². The van der Waals surface area contributed by atoms with Crippen LogP contribution in [0, 0.1) is 5.92 Å². The number of alkyl halides is 4. The lowest BCUT2D eigenvalue weighted by atomic mass is 9.84. The predicted molar refractivity (Wildman–Crippen MR) is 130 cm³/mol. The zero-order valence-electron chi connectivity index (χ0n) is 19.3. The smallest absolute Gasteiger partial charge is 0.432 e. The number of carbonyl (C=O) groups is 1. The lowest BCUT2D eigenvalue weighted by Gasteiger charge is -2.45. The number of hydrogen-bond acceptors (Lipinski definition) is 2. The number of benzene rings is 1. The van der Waals surface area contributed by atoms with E-state index in [2.05, 4.69) is 6.58 Å². The third-order valence-corrected chi connectivity index (χ3v) is 7.36. The second-order valence-corrected chi connectivity index (χ2v) is 10.1. The van der Waals surface area contributed by atoms with Crippen molar-refractivity contribution in [2.24, 2.45) is 5.92 Å². The molecule has 35 heavy (non-hydrogen) atoms. The van der Waals surface area contributed by atoms with E-state index in [1.807, 2.05) is 0 Å². The Morgan fingerprint density at radius 1 is 1.17 bits per heavy atom. The lowest BCUT2D eigenvalue weighted by molar-refractivity contribution is -0.261. The normalized spacial score (nSPS) is 22.3. The molecule has 1 aromatic carbocycles. The predicted octanol–water partition coefficient (Wildman–Crippen LogP) is 7.97. The molecule has 0 aliphatic carbocycles. The van der Waals surface area contributed by atoms with E-state index < -0.39 is 23.9 Å². The molecule has 3 rings (SSSR count). The molecule has 2 aliphatic heterocycles. The van der Waals surface area contributed by atoms with Crippen LogP contribution >= 0.6 is 34.8 Å². The van der Waals surface area contributed by atoms with Crippen molar-refractivity contribution in [1.29, 1.82) is 0 Å². The van der Waals surface area contributed by atoms with Crippen molar-refractivity contribution in [3.05, 3.63) is 80.6 Å². The van der Waals surface area contributed by atoms with E-state index in [1.165, 1.54) is 17.1 Å². The Hall–Kier alpha value is -1.96. The minimum Gasteiger partial charge on any atom is -0.480 e. The summed E-state index contributed by atoms with van der Waals surface area (Å²) in [5.41, 5.74) is -4.01. The highest BCUT2D eigenvalue weighted by molar-refractivity contribution is 6.48. The number of ether oxygens (including phenoxy) is 1. The Balaban J connectivity index is 1.80. The lowest BCUT2D eigenvalue weighted by Crippen LogP contribution is -2.62. The fraction of sp³-hybridized carbons (Fsp3) is 0.400. The van der Waals surface area contributed by atoms with Gasteiger partial charge in [0.15, 0.2) is 5.67 Å². The fourth-order valence-corrected chi connectivity index (χ4v) is 4.59. The SMILES string of the molecule is C=C(C=CC(=CC)C1=COC(c2cc(Cl)c(Cl)c(Cl)c2)(C(F)(F)F)C1)C1(F)CN(C(=O)C(C)C)C1. The summed E-state index contributed by atoms with van der Waals surface area (Å²) in [6, 6.07) is 2.17. The van der Waals surface area contributed by atoms with Crippen molar-refractivity contribution >= 4 is 40.7 Å². The van der Waals surface area contributed by atoms with Gasteiger partial charge in [-0.2, -0.15) is 13.2 Å². The van der Waals surface area contributed by atoms with Crippen LogP contribution in [-0.2, 0) is 15.1 Å². The number of halogens is 7. The van der Waals surface area contributed by atoms with E-state index in [9.17, 15) is 18.0 Å². The van der Waals surface area contributed by atoms with Gasteiger partial charge in [0.05, 0.1) is 34.4 Å². The molecule has 1 unspecified atom stereocenters. The minimum atomic E-state index is -4.81. The van der Waals surface area contributed by atoms with Crippen LogP contribution in [0.15, 0.2) is 59.9 Å². The molecule has 0 N–H and O–H groups in total. The van der Waals surface area contributed by atoms with E-state index in [1.54, 1.807) is 26.8 Å². The average molecular weight is 553 g/mol. The van der Waals surface area contributed by atoms with Gasteiger partial charge in [0, 0.05) is 17.9 Å². The first-order valence-electron chi connectivity index (χ1n) is 10.8. The van der Waals surface area contributed by atoms with Crippen LogP contribution in [0.5, 0.6) is 0 Å². The van der Waals surface area contributed by atoms with Gasteiger partial charge in [0.2, 0.25) is 11.5 Å². The van der Waals surface area contributed by atoms with Gasteiger partial charge in [-0.3, -0.25) is 4.79 Å². The van der Waals surface area contributed by atoms with Crippen LogP contribution in [0.2, 0.25) is 15.1 Å². The third-order valence-electron chi connectivity index (χ3n) is 6.16. The summed E-state index contributed by atoms with van der Waals surface area (Å²) >= 11 is 17.9. The second-order valence-electron chi connectivity index (χ2n) is 8.93. The van der Waals surface area contributed by atoms with Crippen LogP contribution in [0.3, 0.4) is 0 Å². The maximum atomic E-state index is 15.1. The summed E-state index contributed by atoms with van der Waals surface area (Å²) in [6.45, 7) is 8.65. The number of likely N-dealkylation sites (tertiary alicyclic amines) is 1. The zero-order chi connectivity index (χ0) is 26.3. The van der Waals surface area contributed by atoms with Crippen molar-refractivity contribution in [1.82, 2.24) is 4.90 Å². The standard InChI is InChI=1S/C25H24Cl3F4NO2/c1-5-16(7-6-15(4)23(29)12-33(13-23)22(34)14(2)3)17-10-24(35-11-17,25(30,31)32)18-8-19(26)21(28)20(27)9-18/h5-9,11,14H,4,10,12-13H2,1-3H3. The molecule has 0 bridgehead atoms. The number of nitrogens with zero attached hydrogens (tertiary/aromatic N) is 1. The molecule has 0 spiro atoms. The van der Waals surface area contributed by atoms with Crippen molar-refractivity contribution in [2.75, 3.05) is 13.1 Å². The molecule has 0 radical (unpaired) electrons. The van der Waals surface area contributed by atoms with E-state index in [0.29, 0.717) is 5.57 Å². The quantitative estimate of drug-likeness (QED) is 0.203. The summed E-state index contributed by atoms with van der Waals surface area (Å²) in [7, 11) is 0. The van der Waals surface area contributed by atoms with Crippen LogP contribution in [0.4, 0.5) is 17.6 Å². The molecule has 3 nitrogen and oxygen atoms in total. The van der Waals surface area contributed by atoms with Crippen molar-refractivity contribution in [2.45, 2.75) is 44.6 Å². The second kappa shape index (κ2) is 9.83. The van der Waals surface area contributed by atoms with Gasteiger partial charge in [0.25, 0.3) is 0 Å². The first-order valence-corrected chi connectivity index (χ1v) is 11.9. The minimum absolute atomic E-state index is 0.0546. The van der Waals surface area contributed by atoms with Crippen LogP contribution in [0.25, 0.3) is 0 Å². The van der Waals surface area contributed by atoms with E-state index >= 15 is 4.39 Å². The highest BCUT2D eigenvalue weighted by Crippen LogP contribution is 2.53. The summed E-state index contributed by atoms with van der Waals surface area (Å²) in [5, 5.41) is -0.312. The summed E-state index contributed by atoms with van der Waals surface area (Å²) in [4.78, 5) is 13.4. The fourth-order valence-electron chi connectivity index (χ4n) is 3.99. The first-order chi connectivity index (χ1) is 16.1. The van der Waals surface area contributed by atoms with E-state index in [4.69, 9.17) is 39.5 Å². The van der Waals surface area contributed by atoms with Crippen LogP contribution < -0.4 is 0 Å². The van der Waals surface area contributed by atoms with E-state index in [0.717, 1.165) is 18.4 Å². The highest BCUT2D eigenvalue weighted by atomic mass is 35.5. The maximum Gasteiger partial charge on any atom is 0.432 e. The molecule has 1 amide bonds. The summed E-state index contributed by atoms with van der Waals surface area (Å²) < 4.78 is 63.2. The highest BCUT2D eigenvalue weighted by Gasteiger charge is 2.60. The van der Waals surface area contributed by atoms with Crippen molar-refractivity contribution < 1.29 is 27.1 Å². The molecule has 1 aromatic rings. The summed E-state index contributed by atoms with van der Waals surface area (Å²) in [6.07, 6.45) is 0.159. The monoisotopic (exact) mass is 551 g/mol. The topological polar surface area (TPSA) is 29.5 Å². The van der Waals surface area contributed by atoms with Gasteiger partial charge in [-0.1, -0.05) is 73.5 Å². The van der Waals surface area contributed by atoms with Gasteiger partial charge in [-0.25, -0.2) is 4.39 Å². The molecule has 1 saturated heterocycles. The molecule has 1 atom stereocenters. The molecule has 2 heterocycles. The Morgan fingerprint density at radius 3 is 2.23 bits per heavy atom. The zero-order valence-corrected chi connectivity index (χ0v) is 21.5. The van der Waals surface area contributed by atoms with Gasteiger partial charge in [0.1, 0.15) is 0 Å². The third kappa shape index (κ3) is 5.13.